The van der Waals surface area contributed by atoms with E-state index in [9.17, 15) is 13.2 Å². The van der Waals surface area contributed by atoms with Crippen molar-refractivity contribution in [1.82, 2.24) is 9.62 Å². The summed E-state index contributed by atoms with van der Waals surface area (Å²) in [5.74, 6) is 0.0388. The predicted octanol–water partition coefficient (Wildman–Crippen LogP) is 2.68. The highest BCUT2D eigenvalue weighted by atomic mass is 32.2. The molecule has 0 spiro atoms. The Bertz CT molecular complexity index is 667. The van der Waals surface area contributed by atoms with Crippen LogP contribution in [0.15, 0.2) is 17.0 Å². The van der Waals surface area contributed by atoms with E-state index in [0.29, 0.717) is 4.90 Å². The van der Waals surface area contributed by atoms with Crippen molar-refractivity contribution >= 4 is 15.9 Å². The summed E-state index contributed by atoms with van der Waals surface area (Å²) in [6.07, 6.45) is 4.63. The van der Waals surface area contributed by atoms with Crippen molar-refractivity contribution < 1.29 is 13.2 Å². The number of hydrogen-bond donors (Lipinski definition) is 1. The molecule has 6 heteroatoms. The van der Waals surface area contributed by atoms with E-state index < -0.39 is 10.0 Å². The number of rotatable bonds is 5. The molecule has 1 heterocycles. The molecule has 2 rings (SSSR count). The first-order valence-electron chi connectivity index (χ1n) is 8.66. The molecule has 24 heavy (non-hydrogen) atoms. The molecule has 1 aromatic rings. The Kier molecular flexibility index (Phi) is 6.40. The number of amides is 1. The SMILES string of the molecule is Cc1cc(C)c(S(=O)(=O)NCCC(=O)N2CCCCCC2)c(C)c1. The molecular formula is C18H28N2O3S. The van der Waals surface area contributed by atoms with Gasteiger partial charge in [-0.3, -0.25) is 4.79 Å². The molecule has 0 aliphatic carbocycles. The lowest BCUT2D eigenvalue weighted by atomic mass is 10.1. The van der Waals surface area contributed by atoms with E-state index in [1.165, 1.54) is 12.8 Å². The van der Waals surface area contributed by atoms with Crippen molar-refractivity contribution in [3.8, 4) is 0 Å². The smallest absolute Gasteiger partial charge is 0.241 e. The highest BCUT2D eigenvalue weighted by Crippen LogP contribution is 2.21. The van der Waals surface area contributed by atoms with E-state index >= 15 is 0 Å². The van der Waals surface area contributed by atoms with Gasteiger partial charge in [0.1, 0.15) is 0 Å². The Morgan fingerprint density at radius 1 is 1.04 bits per heavy atom. The van der Waals surface area contributed by atoms with Gasteiger partial charge < -0.3 is 4.90 Å². The maximum atomic E-state index is 12.6. The molecular weight excluding hydrogens is 324 g/mol. The molecule has 1 saturated heterocycles. The third-order valence-corrected chi connectivity index (χ3v) is 6.23. The van der Waals surface area contributed by atoms with Crippen LogP contribution in [0.3, 0.4) is 0 Å². The number of sulfonamides is 1. The first-order valence-corrected chi connectivity index (χ1v) is 10.1. The maximum Gasteiger partial charge on any atom is 0.241 e. The zero-order valence-electron chi connectivity index (χ0n) is 14.9. The fraction of sp³-hybridized carbons (Fsp3) is 0.611. The molecule has 0 saturated carbocycles. The maximum absolute atomic E-state index is 12.6. The minimum absolute atomic E-state index is 0.0388. The summed E-state index contributed by atoms with van der Waals surface area (Å²) in [4.78, 5) is 14.4. The molecule has 0 aromatic heterocycles. The first-order chi connectivity index (χ1) is 11.3. The van der Waals surface area contributed by atoms with Gasteiger partial charge in [-0.05, 0) is 44.7 Å². The van der Waals surface area contributed by atoms with Crippen molar-refractivity contribution in [3.63, 3.8) is 0 Å². The Hall–Kier alpha value is -1.40. The van der Waals surface area contributed by atoms with E-state index in [0.717, 1.165) is 42.6 Å². The number of hydrogen-bond acceptors (Lipinski definition) is 3. The van der Waals surface area contributed by atoms with Crippen LogP contribution >= 0.6 is 0 Å². The predicted molar refractivity (Wildman–Crippen MR) is 95.5 cm³/mol. The molecule has 0 radical (unpaired) electrons. The van der Waals surface area contributed by atoms with E-state index in [1.807, 2.05) is 24.0 Å². The zero-order valence-corrected chi connectivity index (χ0v) is 15.7. The minimum Gasteiger partial charge on any atom is -0.343 e. The van der Waals surface area contributed by atoms with Crippen LogP contribution in [0.25, 0.3) is 0 Å². The summed E-state index contributed by atoms with van der Waals surface area (Å²) in [6.45, 7) is 7.28. The fourth-order valence-electron chi connectivity index (χ4n) is 3.43. The molecule has 0 unspecified atom stereocenters. The van der Waals surface area contributed by atoms with Crippen molar-refractivity contribution in [2.45, 2.75) is 57.8 Å². The summed E-state index contributed by atoms with van der Waals surface area (Å²) in [7, 11) is -3.59. The van der Waals surface area contributed by atoms with E-state index in [4.69, 9.17) is 0 Å². The van der Waals surface area contributed by atoms with Gasteiger partial charge in [0.05, 0.1) is 4.90 Å². The molecule has 134 valence electrons. The largest absolute Gasteiger partial charge is 0.343 e. The second-order valence-electron chi connectivity index (χ2n) is 6.67. The lowest BCUT2D eigenvalue weighted by Crippen LogP contribution is -2.35. The summed E-state index contributed by atoms with van der Waals surface area (Å²) in [5, 5.41) is 0. The minimum atomic E-state index is -3.59. The Morgan fingerprint density at radius 3 is 2.12 bits per heavy atom. The van der Waals surface area contributed by atoms with Gasteiger partial charge in [-0.2, -0.15) is 0 Å². The topological polar surface area (TPSA) is 66.5 Å². The van der Waals surface area contributed by atoms with Crippen LogP contribution in [-0.2, 0) is 14.8 Å². The lowest BCUT2D eigenvalue weighted by molar-refractivity contribution is -0.130. The molecule has 1 aliphatic heterocycles. The molecule has 1 fully saturated rings. The molecule has 0 atom stereocenters. The second-order valence-corrected chi connectivity index (χ2v) is 8.37. The summed E-state index contributed by atoms with van der Waals surface area (Å²) < 4.78 is 27.7. The number of nitrogens with zero attached hydrogens (tertiary/aromatic N) is 1. The van der Waals surface area contributed by atoms with Gasteiger partial charge in [0.15, 0.2) is 0 Å². The molecule has 5 nitrogen and oxygen atoms in total. The van der Waals surface area contributed by atoms with Crippen LogP contribution < -0.4 is 4.72 Å². The number of aryl methyl sites for hydroxylation is 3. The third kappa shape index (κ3) is 4.80. The van der Waals surface area contributed by atoms with Gasteiger partial charge in [0.2, 0.25) is 15.9 Å². The Balaban J connectivity index is 1.97. The van der Waals surface area contributed by atoms with Crippen molar-refractivity contribution in [2.75, 3.05) is 19.6 Å². The van der Waals surface area contributed by atoms with Crippen LogP contribution in [0, 0.1) is 20.8 Å². The second kappa shape index (κ2) is 8.12. The fourth-order valence-corrected chi connectivity index (χ4v) is 4.91. The van der Waals surface area contributed by atoms with Crippen molar-refractivity contribution in [1.29, 1.82) is 0 Å². The van der Waals surface area contributed by atoms with Gasteiger partial charge in [-0.1, -0.05) is 30.5 Å². The lowest BCUT2D eigenvalue weighted by Gasteiger charge is -2.20. The summed E-state index contributed by atoms with van der Waals surface area (Å²) in [6, 6.07) is 3.73. The van der Waals surface area contributed by atoms with Crippen molar-refractivity contribution in [3.05, 3.63) is 28.8 Å². The van der Waals surface area contributed by atoms with Crippen molar-refractivity contribution in [2.24, 2.45) is 0 Å². The number of carbonyl (C=O) groups excluding carboxylic acids is 1. The van der Waals surface area contributed by atoms with Crippen LogP contribution in [0.2, 0.25) is 0 Å². The Morgan fingerprint density at radius 2 is 1.58 bits per heavy atom. The van der Waals surface area contributed by atoms with Crippen LogP contribution in [0.5, 0.6) is 0 Å². The van der Waals surface area contributed by atoms with Gasteiger partial charge in [-0.25, -0.2) is 13.1 Å². The molecule has 0 bridgehead atoms. The summed E-state index contributed by atoms with van der Waals surface area (Å²) in [5.41, 5.74) is 2.51. The standard InChI is InChI=1S/C18H28N2O3S/c1-14-12-15(2)18(16(3)13-14)24(22,23)19-9-8-17(21)20-10-6-4-5-7-11-20/h12-13,19H,4-11H2,1-3H3. The van der Waals surface area contributed by atoms with E-state index in [2.05, 4.69) is 4.72 Å². The molecule has 1 amide bonds. The van der Waals surface area contributed by atoms with Gasteiger partial charge >= 0.3 is 0 Å². The number of likely N-dealkylation sites (tertiary alicyclic amines) is 1. The quantitative estimate of drug-likeness (QED) is 0.886. The summed E-state index contributed by atoms with van der Waals surface area (Å²) >= 11 is 0. The molecule has 1 aromatic carbocycles. The van der Waals surface area contributed by atoms with Gasteiger partial charge in [-0.15, -0.1) is 0 Å². The molecule has 1 aliphatic rings. The monoisotopic (exact) mass is 352 g/mol. The average molecular weight is 353 g/mol. The highest BCUT2D eigenvalue weighted by molar-refractivity contribution is 7.89. The zero-order chi connectivity index (χ0) is 17.7. The van der Waals surface area contributed by atoms with Gasteiger partial charge in [0, 0.05) is 26.1 Å². The van der Waals surface area contributed by atoms with E-state index in [-0.39, 0.29) is 18.9 Å². The third-order valence-electron chi connectivity index (χ3n) is 4.46. The van der Waals surface area contributed by atoms with Crippen LogP contribution in [0.1, 0.15) is 48.8 Å². The number of carbonyl (C=O) groups is 1. The first kappa shape index (κ1) is 18.9. The molecule has 1 N–H and O–H groups in total. The van der Waals surface area contributed by atoms with Crippen LogP contribution in [-0.4, -0.2) is 38.9 Å². The van der Waals surface area contributed by atoms with Gasteiger partial charge in [0.25, 0.3) is 0 Å². The van der Waals surface area contributed by atoms with Crippen LogP contribution in [0.4, 0.5) is 0 Å². The number of benzene rings is 1. The van der Waals surface area contributed by atoms with E-state index in [1.54, 1.807) is 13.8 Å². The number of nitrogens with one attached hydrogen (secondary N) is 1. The normalized spacial score (nSPS) is 16.0. The average Bonchev–Trinajstić information content (AvgIpc) is 2.74. The Labute approximate surface area is 145 Å². The highest BCUT2D eigenvalue weighted by Gasteiger charge is 2.21.